The molecule has 3 aromatic rings. The lowest BCUT2D eigenvalue weighted by Crippen LogP contribution is -2.23. The van der Waals surface area contributed by atoms with E-state index in [1.165, 1.54) is 25.1 Å². The summed E-state index contributed by atoms with van der Waals surface area (Å²) in [5.41, 5.74) is -0.120. The van der Waals surface area contributed by atoms with Gasteiger partial charge in [0.2, 0.25) is 5.91 Å². The van der Waals surface area contributed by atoms with Gasteiger partial charge in [0.05, 0.1) is 16.5 Å². The first-order valence-electron chi connectivity index (χ1n) is 7.45. The predicted molar refractivity (Wildman–Crippen MR) is 90.0 cm³/mol. The minimum Gasteiger partial charge on any atom is -0.411 e. The molecule has 26 heavy (non-hydrogen) atoms. The van der Waals surface area contributed by atoms with Crippen LogP contribution in [-0.4, -0.2) is 21.4 Å². The molecule has 1 N–H and O–H groups in total. The van der Waals surface area contributed by atoms with E-state index >= 15 is 0 Å². The van der Waals surface area contributed by atoms with Crippen LogP contribution >= 0.6 is 11.8 Å². The van der Waals surface area contributed by atoms with Crippen molar-refractivity contribution < 1.29 is 22.4 Å². The second-order valence-corrected chi connectivity index (χ2v) is 6.52. The first kappa shape index (κ1) is 18.0. The van der Waals surface area contributed by atoms with E-state index in [2.05, 4.69) is 15.5 Å². The van der Waals surface area contributed by atoms with Crippen LogP contribution in [-0.2, 0) is 4.79 Å². The van der Waals surface area contributed by atoms with Gasteiger partial charge in [0, 0.05) is 6.07 Å². The molecule has 3 rings (SSSR count). The molecule has 5 nitrogen and oxygen atoms in total. The quantitative estimate of drug-likeness (QED) is 0.671. The number of aromatic nitrogens is 2. The number of carbonyl (C=O) groups is 1. The molecule has 0 aliphatic rings. The van der Waals surface area contributed by atoms with Crippen LogP contribution in [0.5, 0.6) is 0 Å². The lowest BCUT2D eigenvalue weighted by molar-refractivity contribution is -0.115. The van der Waals surface area contributed by atoms with Crippen molar-refractivity contribution in [2.45, 2.75) is 17.4 Å². The van der Waals surface area contributed by atoms with E-state index in [4.69, 9.17) is 4.42 Å². The average molecular weight is 379 g/mol. The fourth-order valence-corrected chi connectivity index (χ4v) is 2.72. The average Bonchev–Trinajstić information content (AvgIpc) is 3.06. The van der Waals surface area contributed by atoms with Crippen molar-refractivity contribution in [3.63, 3.8) is 0 Å². The van der Waals surface area contributed by atoms with Gasteiger partial charge in [-0.2, -0.15) is 0 Å². The van der Waals surface area contributed by atoms with Crippen LogP contribution in [0.25, 0.3) is 11.5 Å². The van der Waals surface area contributed by atoms with Crippen LogP contribution < -0.4 is 5.32 Å². The van der Waals surface area contributed by atoms with E-state index in [0.29, 0.717) is 0 Å². The van der Waals surface area contributed by atoms with Crippen LogP contribution in [0.15, 0.2) is 52.1 Å². The number of benzene rings is 2. The smallest absolute Gasteiger partial charge is 0.277 e. The highest BCUT2D eigenvalue weighted by atomic mass is 32.2. The summed E-state index contributed by atoms with van der Waals surface area (Å²) in [5.74, 6) is -2.54. The number of carbonyl (C=O) groups excluding carboxylic acids is 1. The molecule has 0 aliphatic heterocycles. The molecule has 0 unspecified atom stereocenters. The van der Waals surface area contributed by atoms with Crippen molar-refractivity contribution in [1.82, 2.24) is 10.2 Å². The van der Waals surface area contributed by atoms with Crippen LogP contribution in [0.2, 0.25) is 0 Å². The predicted octanol–water partition coefficient (Wildman–Crippen LogP) is 4.27. The summed E-state index contributed by atoms with van der Waals surface area (Å²) in [7, 11) is 0. The Balaban J connectivity index is 1.68. The zero-order valence-corrected chi connectivity index (χ0v) is 14.2. The Hall–Kier alpha value is -2.81. The zero-order chi connectivity index (χ0) is 18.7. The molecule has 1 aromatic heterocycles. The van der Waals surface area contributed by atoms with Gasteiger partial charge in [-0.15, -0.1) is 10.2 Å². The van der Waals surface area contributed by atoms with Gasteiger partial charge in [-0.25, -0.2) is 13.2 Å². The Labute approximate surface area is 150 Å². The number of hydrogen-bond donors (Lipinski definition) is 1. The van der Waals surface area contributed by atoms with E-state index in [1.807, 2.05) is 0 Å². The molecule has 0 fully saturated rings. The number of halogens is 3. The number of amides is 1. The fraction of sp³-hybridized carbons (Fsp3) is 0.118. The highest BCUT2D eigenvalue weighted by Crippen LogP contribution is 2.28. The number of hydrogen-bond acceptors (Lipinski definition) is 5. The Morgan fingerprint density at radius 2 is 1.88 bits per heavy atom. The molecule has 1 amide bonds. The summed E-state index contributed by atoms with van der Waals surface area (Å²) >= 11 is 0.911. The number of rotatable bonds is 5. The SMILES string of the molecule is C[C@H](Sc1nnc(-c2ccccc2F)o1)C(=O)Nc1cc(F)ccc1F. The van der Waals surface area contributed by atoms with Gasteiger partial charge < -0.3 is 9.73 Å². The number of nitrogens with one attached hydrogen (secondary N) is 1. The van der Waals surface area contributed by atoms with E-state index in [9.17, 15) is 18.0 Å². The number of thioether (sulfide) groups is 1. The summed E-state index contributed by atoms with van der Waals surface area (Å²) < 4.78 is 45.8. The van der Waals surface area contributed by atoms with E-state index in [0.717, 1.165) is 30.0 Å². The van der Waals surface area contributed by atoms with Crippen LogP contribution in [0.1, 0.15) is 6.92 Å². The van der Waals surface area contributed by atoms with Gasteiger partial charge in [-0.05, 0) is 31.2 Å². The largest absolute Gasteiger partial charge is 0.411 e. The summed E-state index contributed by atoms with van der Waals surface area (Å²) in [5, 5.41) is 9.11. The molecule has 0 saturated carbocycles. The summed E-state index contributed by atoms with van der Waals surface area (Å²) in [4.78, 5) is 12.1. The van der Waals surface area contributed by atoms with Crippen molar-refractivity contribution >= 4 is 23.4 Å². The van der Waals surface area contributed by atoms with Crippen molar-refractivity contribution in [2.75, 3.05) is 5.32 Å². The van der Waals surface area contributed by atoms with E-state index < -0.39 is 28.6 Å². The summed E-state index contributed by atoms with van der Waals surface area (Å²) in [6, 6.07) is 8.65. The molecule has 0 aliphatic carbocycles. The lowest BCUT2D eigenvalue weighted by atomic mass is 10.2. The third-order valence-corrected chi connectivity index (χ3v) is 4.28. The first-order chi connectivity index (χ1) is 12.4. The summed E-state index contributed by atoms with van der Waals surface area (Å²) in [6.07, 6.45) is 0. The molecule has 0 saturated heterocycles. The minimum atomic E-state index is -0.753. The Kier molecular flexibility index (Phi) is 5.27. The molecule has 9 heteroatoms. The molecule has 1 heterocycles. The maximum atomic E-state index is 13.7. The normalized spacial score (nSPS) is 12.0. The lowest BCUT2D eigenvalue weighted by Gasteiger charge is -2.10. The molecular weight excluding hydrogens is 367 g/mol. The molecular formula is C17H12F3N3O2S. The Bertz CT molecular complexity index is 949. The standard InChI is InChI=1S/C17H12F3N3O2S/c1-9(15(24)21-14-8-10(18)6-7-13(14)20)26-17-23-22-16(25-17)11-4-2-3-5-12(11)19/h2-9H,1H3,(H,21,24)/t9-/m0/s1. The maximum Gasteiger partial charge on any atom is 0.277 e. The molecule has 1 atom stereocenters. The number of nitrogens with zero attached hydrogens (tertiary/aromatic N) is 2. The Morgan fingerprint density at radius 1 is 1.12 bits per heavy atom. The van der Waals surface area contributed by atoms with Crippen LogP contribution in [0.4, 0.5) is 18.9 Å². The van der Waals surface area contributed by atoms with Gasteiger partial charge in [-0.3, -0.25) is 4.79 Å². The van der Waals surface area contributed by atoms with E-state index in [-0.39, 0.29) is 22.4 Å². The Morgan fingerprint density at radius 3 is 2.65 bits per heavy atom. The van der Waals surface area contributed by atoms with Crippen molar-refractivity contribution in [2.24, 2.45) is 0 Å². The molecule has 134 valence electrons. The monoisotopic (exact) mass is 379 g/mol. The van der Waals surface area contributed by atoms with Crippen LogP contribution in [0.3, 0.4) is 0 Å². The topological polar surface area (TPSA) is 68.0 Å². The van der Waals surface area contributed by atoms with Crippen molar-refractivity contribution in [3.8, 4) is 11.5 Å². The van der Waals surface area contributed by atoms with Crippen molar-refractivity contribution in [1.29, 1.82) is 0 Å². The maximum absolute atomic E-state index is 13.7. The molecule has 0 spiro atoms. The van der Waals surface area contributed by atoms with Gasteiger partial charge in [0.15, 0.2) is 0 Å². The first-order valence-corrected chi connectivity index (χ1v) is 8.33. The molecule has 2 aromatic carbocycles. The highest BCUT2D eigenvalue weighted by Gasteiger charge is 2.20. The number of anilines is 1. The highest BCUT2D eigenvalue weighted by molar-refractivity contribution is 8.00. The van der Waals surface area contributed by atoms with Gasteiger partial charge in [0.25, 0.3) is 11.1 Å². The zero-order valence-electron chi connectivity index (χ0n) is 13.4. The van der Waals surface area contributed by atoms with E-state index in [1.54, 1.807) is 6.07 Å². The third-order valence-electron chi connectivity index (χ3n) is 3.34. The van der Waals surface area contributed by atoms with Gasteiger partial charge in [-0.1, -0.05) is 23.9 Å². The second-order valence-electron chi connectivity index (χ2n) is 5.23. The van der Waals surface area contributed by atoms with Gasteiger partial charge >= 0.3 is 0 Å². The van der Waals surface area contributed by atoms with Gasteiger partial charge in [0.1, 0.15) is 17.5 Å². The second kappa shape index (κ2) is 7.61. The fourth-order valence-electron chi connectivity index (χ4n) is 2.03. The molecule has 0 bridgehead atoms. The van der Waals surface area contributed by atoms with Crippen molar-refractivity contribution in [3.05, 3.63) is 59.9 Å². The minimum absolute atomic E-state index is 0.0191. The molecule has 0 radical (unpaired) electrons. The third kappa shape index (κ3) is 4.05. The summed E-state index contributed by atoms with van der Waals surface area (Å²) in [6.45, 7) is 1.53. The van der Waals surface area contributed by atoms with Crippen LogP contribution in [0, 0.1) is 17.5 Å².